The zero-order chi connectivity index (χ0) is 22.1. The molecule has 3 rings (SSSR count). The van der Waals surface area contributed by atoms with Gasteiger partial charge in [0.05, 0.1) is 12.2 Å². The van der Waals surface area contributed by atoms with Crippen LogP contribution in [0.15, 0.2) is 47.6 Å². The first-order chi connectivity index (χ1) is 14.1. The monoisotopic (exact) mass is 412 g/mol. The number of aliphatic hydroxyl groups excluding tert-OH is 2. The molecule has 3 aliphatic rings. The third kappa shape index (κ3) is 4.86. The Morgan fingerprint density at radius 1 is 1.07 bits per heavy atom. The Kier molecular flexibility index (Phi) is 7.51. The van der Waals surface area contributed by atoms with Gasteiger partial charge in [0, 0.05) is 6.42 Å². The van der Waals surface area contributed by atoms with Crippen molar-refractivity contribution in [1.82, 2.24) is 0 Å². The van der Waals surface area contributed by atoms with Crippen molar-refractivity contribution in [2.45, 2.75) is 91.8 Å². The van der Waals surface area contributed by atoms with E-state index in [0.29, 0.717) is 41.9 Å². The first kappa shape index (κ1) is 23.5. The standard InChI is InChI=1S/C28H44O2/c1-18(2)19(3)9-10-20(4)25-13-14-26-22(8-7-15-28(25,26)6)11-12-23-16-24(29)17-27(30)21(23)5/h9-12,18-20,24-27,29-30H,5,7-8,13-17H2,1-4,6H3/b10-9-,22-11+,23-12-/t19-,20+,24+,25+,26-,27-,28+/m0/s1. The number of rotatable bonds is 5. The molecular formula is C28H44O2. The summed E-state index contributed by atoms with van der Waals surface area (Å²) in [5.74, 6) is 3.38. The van der Waals surface area contributed by atoms with Crippen molar-refractivity contribution in [3.63, 3.8) is 0 Å². The molecule has 0 bridgehead atoms. The Bertz CT molecular complexity index is 712. The molecule has 3 aliphatic carbocycles. The highest BCUT2D eigenvalue weighted by molar-refractivity contribution is 5.38. The van der Waals surface area contributed by atoms with E-state index >= 15 is 0 Å². The Morgan fingerprint density at radius 2 is 1.80 bits per heavy atom. The number of aliphatic hydroxyl groups is 2. The summed E-state index contributed by atoms with van der Waals surface area (Å²) in [6, 6.07) is 0. The van der Waals surface area contributed by atoms with E-state index in [2.05, 4.69) is 65.5 Å². The maximum atomic E-state index is 10.1. The maximum absolute atomic E-state index is 10.1. The molecule has 0 aromatic carbocycles. The van der Waals surface area contributed by atoms with Crippen LogP contribution in [-0.4, -0.2) is 22.4 Å². The van der Waals surface area contributed by atoms with Crippen molar-refractivity contribution in [3.05, 3.63) is 47.6 Å². The van der Waals surface area contributed by atoms with E-state index in [1.165, 1.54) is 32.1 Å². The first-order valence-electron chi connectivity index (χ1n) is 12.3. The van der Waals surface area contributed by atoms with E-state index < -0.39 is 12.2 Å². The Morgan fingerprint density at radius 3 is 2.50 bits per heavy atom. The molecular weight excluding hydrogens is 368 g/mol. The summed E-state index contributed by atoms with van der Waals surface area (Å²) in [6.45, 7) is 16.0. The van der Waals surface area contributed by atoms with Crippen LogP contribution >= 0.6 is 0 Å². The van der Waals surface area contributed by atoms with Crippen LogP contribution in [0.25, 0.3) is 0 Å². The van der Waals surface area contributed by atoms with Crippen LogP contribution in [0.4, 0.5) is 0 Å². The average molecular weight is 413 g/mol. The highest BCUT2D eigenvalue weighted by Crippen LogP contribution is 2.59. The molecule has 0 aromatic heterocycles. The van der Waals surface area contributed by atoms with E-state index in [-0.39, 0.29) is 0 Å². The topological polar surface area (TPSA) is 40.5 Å². The lowest BCUT2D eigenvalue weighted by Crippen LogP contribution is -2.35. The van der Waals surface area contributed by atoms with Gasteiger partial charge in [-0.05, 0) is 84.7 Å². The molecule has 2 N–H and O–H groups in total. The van der Waals surface area contributed by atoms with Gasteiger partial charge >= 0.3 is 0 Å². The number of allylic oxidation sites excluding steroid dienone is 5. The van der Waals surface area contributed by atoms with E-state index in [9.17, 15) is 10.2 Å². The van der Waals surface area contributed by atoms with Gasteiger partial charge in [-0.3, -0.25) is 0 Å². The number of fused-ring (bicyclic) bond motifs is 1. The molecule has 0 aliphatic heterocycles. The molecule has 0 unspecified atom stereocenters. The number of hydrogen-bond donors (Lipinski definition) is 2. The minimum Gasteiger partial charge on any atom is -0.393 e. The van der Waals surface area contributed by atoms with Crippen LogP contribution in [-0.2, 0) is 0 Å². The fourth-order valence-corrected chi connectivity index (χ4v) is 6.32. The fourth-order valence-electron chi connectivity index (χ4n) is 6.32. The van der Waals surface area contributed by atoms with Crippen molar-refractivity contribution in [2.75, 3.05) is 0 Å². The largest absolute Gasteiger partial charge is 0.393 e. The van der Waals surface area contributed by atoms with Crippen LogP contribution in [0.5, 0.6) is 0 Å². The van der Waals surface area contributed by atoms with E-state index in [4.69, 9.17) is 0 Å². The molecule has 0 aromatic rings. The summed E-state index contributed by atoms with van der Waals surface area (Å²) in [7, 11) is 0. The van der Waals surface area contributed by atoms with E-state index in [1.54, 1.807) is 5.57 Å². The van der Waals surface area contributed by atoms with Gasteiger partial charge in [-0.15, -0.1) is 0 Å². The van der Waals surface area contributed by atoms with Crippen LogP contribution in [0.3, 0.4) is 0 Å². The van der Waals surface area contributed by atoms with Gasteiger partial charge in [-0.25, -0.2) is 0 Å². The van der Waals surface area contributed by atoms with Crippen molar-refractivity contribution in [1.29, 1.82) is 0 Å². The highest BCUT2D eigenvalue weighted by Gasteiger charge is 2.50. The predicted octanol–water partition coefficient (Wildman–Crippen LogP) is 6.61. The molecule has 30 heavy (non-hydrogen) atoms. The SMILES string of the molecule is C=C1/C(=C\C=C2/CCC[C@]3(C)[C@@H]([C@H](C)/C=C\[C@H](C)C(C)C)CC[C@@H]23)C[C@@H](O)C[C@@H]1O. The third-order valence-corrected chi connectivity index (χ3v) is 8.71. The normalized spacial score (nSPS) is 39.8. The Balaban J connectivity index is 1.76. The highest BCUT2D eigenvalue weighted by atomic mass is 16.3. The summed E-state index contributed by atoms with van der Waals surface area (Å²) in [5.41, 5.74) is 3.77. The molecule has 0 heterocycles. The van der Waals surface area contributed by atoms with Gasteiger partial charge in [0.2, 0.25) is 0 Å². The second-order valence-electron chi connectivity index (χ2n) is 11.0. The second-order valence-corrected chi connectivity index (χ2v) is 11.0. The third-order valence-electron chi connectivity index (χ3n) is 8.71. The summed E-state index contributed by atoms with van der Waals surface area (Å²) in [4.78, 5) is 0. The van der Waals surface area contributed by atoms with Crippen LogP contribution < -0.4 is 0 Å². The summed E-state index contributed by atoms with van der Waals surface area (Å²) < 4.78 is 0. The van der Waals surface area contributed by atoms with E-state index in [1.807, 2.05) is 0 Å². The first-order valence-corrected chi connectivity index (χ1v) is 12.3. The molecule has 0 saturated heterocycles. The predicted molar refractivity (Wildman–Crippen MR) is 127 cm³/mol. The van der Waals surface area contributed by atoms with Gasteiger partial charge in [-0.1, -0.05) is 71.1 Å². The van der Waals surface area contributed by atoms with Crippen molar-refractivity contribution >= 4 is 0 Å². The van der Waals surface area contributed by atoms with Crippen LogP contribution in [0.2, 0.25) is 0 Å². The van der Waals surface area contributed by atoms with Gasteiger partial charge < -0.3 is 10.2 Å². The number of hydrogen-bond acceptors (Lipinski definition) is 2. The lowest BCUT2D eigenvalue weighted by Gasteiger charge is -2.44. The molecule has 3 saturated carbocycles. The molecule has 2 heteroatoms. The van der Waals surface area contributed by atoms with Gasteiger partial charge in [0.15, 0.2) is 0 Å². The molecule has 2 nitrogen and oxygen atoms in total. The summed E-state index contributed by atoms with van der Waals surface area (Å²) >= 11 is 0. The van der Waals surface area contributed by atoms with E-state index in [0.717, 1.165) is 17.1 Å². The lowest BCUT2D eigenvalue weighted by atomic mass is 9.61. The fraction of sp³-hybridized carbons (Fsp3) is 0.714. The smallest absolute Gasteiger partial charge is 0.0811 e. The van der Waals surface area contributed by atoms with Gasteiger partial charge in [-0.2, -0.15) is 0 Å². The van der Waals surface area contributed by atoms with Crippen LogP contribution in [0.1, 0.15) is 79.6 Å². The lowest BCUT2D eigenvalue weighted by molar-refractivity contribution is 0.0862. The Hall–Kier alpha value is -1.12. The maximum Gasteiger partial charge on any atom is 0.0811 e. The van der Waals surface area contributed by atoms with Gasteiger partial charge in [0.1, 0.15) is 0 Å². The van der Waals surface area contributed by atoms with Gasteiger partial charge in [0.25, 0.3) is 0 Å². The molecule has 0 amide bonds. The molecule has 168 valence electrons. The molecule has 0 spiro atoms. The van der Waals surface area contributed by atoms with Crippen LogP contribution in [0, 0.1) is 35.0 Å². The molecule has 7 atom stereocenters. The molecule has 0 radical (unpaired) electrons. The minimum atomic E-state index is -0.605. The average Bonchev–Trinajstić information content (AvgIpc) is 3.04. The second kappa shape index (κ2) is 9.57. The zero-order valence-electron chi connectivity index (χ0n) is 19.9. The molecule has 3 fully saturated rings. The summed E-state index contributed by atoms with van der Waals surface area (Å²) in [6.07, 6.45) is 15.8. The van der Waals surface area contributed by atoms with Crippen molar-refractivity contribution in [3.8, 4) is 0 Å². The summed E-state index contributed by atoms with van der Waals surface area (Å²) in [5, 5.41) is 20.2. The van der Waals surface area contributed by atoms with Crippen molar-refractivity contribution < 1.29 is 10.2 Å². The minimum absolute atomic E-state index is 0.385. The van der Waals surface area contributed by atoms with Crippen molar-refractivity contribution in [2.24, 2.45) is 35.0 Å². The zero-order valence-corrected chi connectivity index (χ0v) is 19.9. The Labute approximate surface area is 184 Å². The quantitative estimate of drug-likeness (QED) is 0.499.